The van der Waals surface area contributed by atoms with Gasteiger partial charge in [0.25, 0.3) is 0 Å². The van der Waals surface area contributed by atoms with Crippen LogP contribution in [0.15, 0.2) is 48.6 Å². The molecular formula is C25H25F7O2. The van der Waals surface area contributed by atoms with E-state index in [0.717, 1.165) is 31.2 Å². The lowest BCUT2D eigenvalue weighted by Crippen LogP contribution is -2.20. The van der Waals surface area contributed by atoms with Crippen LogP contribution in [0, 0.1) is 17.6 Å². The molecule has 2 nitrogen and oxygen atoms in total. The first kappa shape index (κ1) is 26.1. The van der Waals surface area contributed by atoms with Crippen molar-refractivity contribution < 1.29 is 40.2 Å². The molecule has 2 aromatic carbocycles. The Hall–Kier alpha value is -2.55. The first-order valence-corrected chi connectivity index (χ1v) is 11.0. The molecule has 3 rings (SSSR count). The maximum atomic E-state index is 14.5. The van der Waals surface area contributed by atoms with E-state index in [1.165, 1.54) is 12.1 Å². The molecule has 186 valence electrons. The summed E-state index contributed by atoms with van der Waals surface area (Å²) in [7, 11) is 0. The highest BCUT2D eigenvalue weighted by Gasteiger charge is 2.35. The maximum Gasteiger partial charge on any atom is 0.573 e. The fourth-order valence-corrected chi connectivity index (χ4v) is 4.22. The van der Waals surface area contributed by atoms with Crippen molar-refractivity contribution in [3.8, 4) is 5.75 Å². The van der Waals surface area contributed by atoms with E-state index in [4.69, 9.17) is 0 Å². The number of hydrogen-bond acceptors (Lipinski definition) is 2. The number of hydrogen-bond donors (Lipinski definition) is 0. The van der Waals surface area contributed by atoms with Gasteiger partial charge in [-0.2, -0.15) is 8.78 Å². The molecule has 0 atom stereocenters. The molecule has 0 amide bonds. The van der Waals surface area contributed by atoms with E-state index >= 15 is 0 Å². The Bertz CT molecular complexity index is 953. The fourth-order valence-electron chi connectivity index (χ4n) is 4.22. The van der Waals surface area contributed by atoms with Crippen LogP contribution in [-0.4, -0.2) is 13.0 Å². The van der Waals surface area contributed by atoms with Crippen LogP contribution in [0.25, 0.3) is 0 Å². The van der Waals surface area contributed by atoms with Crippen LogP contribution in [0.2, 0.25) is 0 Å². The highest BCUT2D eigenvalue weighted by atomic mass is 19.4. The van der Waals surface area contributed by atoms with E-state index in [2.05, 4.69) is 15.5 Å². The summed E-state index contributed by atoms with van der Waals surface area (Å²) in [6.45, 7) is 1.38. The third kappa shape index (κ3) is 6.98. The molecule has 0 unspecified atom stereocenters. The van der Waals surface area contributed by atoms with Crippen molar-refractivity contribution in [2.45, 2.75) is 57.4 Å². The lowest BCUT2D eigenvalue weighted by molar-refractivity contribution is -0.276. The molecule has 1 aliphatic rings. The standard InChI is InChI=1S/C25H25F7O2/c1-2-3-16-4-6-18(7-5-16)19-8-10-20(11-9-19)24(28,29)33-13-12-17-14-21(26)23(22(27)15-17)34-25(30,31)32/h2-3,8-11,14-16,18H,4-7,12-13H2,1H3/b3-2+. The summed E-state index contributed by atoms with van der Waals surface area (Å²) in [5.74, 6) is -3.89. The smallest absolute Gasteiger partial charge is 0.399 e. The second kappa shape index (κ2) is 10.8. The van der Waals surface area contributed by atoms with E-state index in [0.29, 0.717) is 24.0 Å². The quantitative estimate of drug-likeness (QED) is 0.276. The van der Waals surface area contributed by atoms with Gasteiger partial charge in [0.15, 0.2) is 11.6 Å². The van der Waals surface area contributed by atoms with E-state index in [1.54, 1.807) is 12.1 Å². The fraction of sp³-hybridized carbons (Fsp3) is 0.440. The predicted octanol–water partition coefficient (Wildman–Crippen LogP) is 8.02. The zero-order valence-electron chi connectivity index (χ0n) is 18.5. The molecule has 1 saturated carbocycles. The summed E-state index contributed by atoms with van der Waals surface area (Å²) >= 11 is 0. The van der Waals surface area contributed by atoms with E-state index in [1.807, 2.05) is 13.0 Å². The number of halogens is 7. The van der Waals surface area contributed by atoms with E-state index in [-0.39, 0.29) is 17.5 Å². The molecule has 1 fully saturated rings. The lowest BCUT2D eigenvalue weighted by Gasteiger charge is -2.27. The second-order valence-electron chi connectivity index (χ2n) is 8.31. The van der Waals surface area contributed by atoms with Gasteiger partial charge in [0, 0.05) is 0 Å². The summed E-state index contributed by atoms with van der Waals surface area (Å²) in [4.78, 5) is 0. The van der Waals surface area contributed by atoms with Crippen molar-refractivity contribution in [2.24, 2.45) is 5.92 Å². The molecule has 0 N–H and O–H groups in total. The zero-order valence-corrected chi connectivity index (χ0v) is 18.5. The minimum absolute atomic E-state index is 0.149. The number of ether oxygens (including phenoxy) is 2. The summed E-state index contributed by atoms with van der Waals surface area (Å²) in [5, 5.41) is 0. The minimum atomic E-state index is -5.27. The average Bonchev–Trinajstić information content (AvgIpc) is 2.76. The largest absolute Gasteiger partial charge is 0.573 e. The Kier molecular flexibility index (Phi) is 8.28. The van der Waals surface area contributed by atoms with Crippen LogP contribution in [-0.2, 0) is 17.3 Å². The number of allylic oxidation sites excluding steroid dienone is 2. The first-order valence-electron chi connectivity index (χ1n) is 11.0. The van der Waals surface area contributed by atoms with Gasteiger partial charge in [0.1, 0.15) is 0 Å². The van der Waals surface area contributed by atoms with E-state index in [9.17, 15) is 30.7 Å². The summed E-state index contributed by atoms with van der Waals surface area (Å²) < 4.78 is 101. The van der Waals surface area contributed by atoms with Gasteiger partial charge >= 0.3 is 12.5 Å². The van der Waals surface area contributed by atoms with Crippen molar-refractivity contribution in [1.29, 1.82) is 0 Å². The summed E-state index contributed by atoms with van der Waals surface area (Å²) in [5.41, 5.74) is 0.486. The minimum Gasteiger partial charge on any atom is -0.399 e. The average molecular weight is 490 g/mol. The van der Waals surface area contributed by atoms with Crippen molar-refractivity contribution in [2.75, 3.05) is 6.61 Å². The van der Waals surface area contributed by atoms with Crippen molar-refractivity contribution in [3.05, 3.63) is 76.9 Å². The predicted molar refractivity (Wildman–Crippen MR) is 113 cm³/mol. The molecule has 0 heterocycles. The van der Waals surface area contributed by atoms with Gasteiger partial charge in [-0.1, -0.05) is 36.4 Å². The Morgan fingerprint density at radius 1 is 0.912 bits per heavy atom. The summed E-state index contributed by atoms with van der Waals surface area (Å²) in [6, 6.07) is 7.11. The molecule has 2 aromatic rings. The number of alkyl halides is 5. The molecule has 1 aliphatic carbocycles. The molecule has 9 heteroatoms. The van der Waals surface area contributed by atoms with Gasteiger partial charge in [-0.3, -0.25) is 0 Å². The molecule has 34 heavy (non-hydrogen) atoms. The molecule has 0 radical (unpaired) electrons. The molecule has 0 saturated heterocycles. The first-order chi connectivity index (χ1) is 16.0. The normalized spacial score (nSPS) is 19.5. The molecule has 0 aromatic heterocycles. The van der Waals surface area contributed by atoms with Crippen LogP contribution in [0.3, 0.4) is 0 Å². The van der Waals surface area contributed by atoms with Crippen molar-refractivity contribution in [1.82, 2.24) is 0 Å². The zero-order chi connectivity index (χ0) is 24.9. The third-order valence-corrected chi connectivity index (χ3v) is 5.90. The second-order valence-corrected chi connectivity index (χ2v) is 8.31. The third-order valence-electron chi connectivity index (χ3n) is 5.90. The van der Waals surface area contributed by atoms with Gasteiger partial charge in [0.2, 0.25) is 5.75 Å². The van der Waals surface area contributed by atoms with Crippen LogP contribution in [0.5, 0.6) is 5.75 Å². The Morgan fingerprint density at radius 3 is 2.03 bits per heavy atom. The SMILES string of the molecule is C/C=C/C1CCC(c2ccc(C(F)(F)OCCc3cc(F)c(OC(F)(F)F)c(F)c3)cc2)CC1. The highest BCUT2D eigenvalue weighted by molar-refractivity contribution is 5.32. The van der Waals surface area contributed by atoms with Gasteiger partial charge < -0.3 is 9.47 Å². The van der Waals surface area contributed by atoms with Gasteiger partial charge in [-0.05, 0) is 74.1 Å². The highest BCUT2D eigenvalue weighted by Crippen LogP contribution is 2.38. The van der Waals surface area contributed by atoms with Crippen molar-refractivity contribution >= 4 is 0 Å². The van der Waals surface area contributed by atoms with Crippen LogP contribution in [0.1, 0.15) is 55.2 Å². The van der Waals surface area contributed by atoms with Crippen LogP contribution >= 0.6 is 0 Å². The monoisotopic (exact) mass is 490 g/mol. The number of benzene rings is 2. The van der Waals surface area contributed by atoms with Crippen LogP contribution < -0.4 is 4.74 Å². The Morgan fingerprint density at radius 2 is 1.50 bits per heavy atom. The molecule has 0 aliphatic heterocycles. The maximum absolute atomic E-state index is 14.5. The molecule has 0 bridgehead atoms. The molecular weight excluding hydrogens is 465 g/mol. The van der Waals surface area contributed by atoms with Gasteiger partial charge in [-0.15, -0.1) is 13.2 Å². The number of rotatable bonds is 8. The molecule has 0 spiro atoms. The summed E-state index contributed by atoms with van der Waals surface area (Å²) in [6.07, 6.45) is -0.919. The van der Waals surface area contributed by atoms with E-state index < -0.39 is 36.5 Å². The van der Waals surface area contributed by atoms with Crippen LogP contribution in [0.4, 0.5) is 30.7 Å². The topological polar surface area (TPSA) is 18.5 Å². The van der Waals surface area contributed by atoms with Crippen molar-refractivity contribution in [3.63, 3.8) is 0 Å². The Balaban J connectivity index is 1.56. The lowest BCUT2D eigenvalue weighted by atomic mass is 9.78. The Labute approximate surface area is 193 Å². The van der Waals surface area contributed by atoms with Gasteiger partial charge in [-0.25, -0.2) is 8.78 Å². The van der Waals surface area contributed by atoms with Gasteiger partial charge in [0.05, 0.1) is 12.2 Å².